The monoisotopic (exact) mass is 291 g/mol. The van der Waals surface area contributed by atoms with E-state index in [4.69, 9.17) is 4.74 Å². The van der Waals surface area contributed by atoms with E-state index in [9.17, 15) is 4.79 Å². The van der Waals surface area contributed by atoms with Gasteiger partial charge in [0, 0.05) is 7.05 Å². The number of amides is 1. The fourth-order valence-electron chi connectivity index (χ4n) is 1.93. The first-order valence-corrected chi connectivity index (χ1v) is 7.50. The van der Waals surface area contributed by atoms with Gasteiger partial charge in [0.15, 0.2) is 0 Å². The van der Waals surface area contributed by atoms with Gasteiger partial charge in [-0.3, -0.25) is 4.79 Å². The number of nitrogens with one attached hydrogen (secondary N) is 1. The molecule has 1 heterocycles. The smallest absolute Gasteiger partial charge is 0.266 e. The Balaban J connectivity index is 1.64. The predicted octanol–water partition coefficient (Wildman–Crippen LogP) is 1.60. The van der Waals surface area contributed by atoms with Crippen LogP contribution in [-0.4, -0.2) is 23.7 Å². The highest BCUT2D eigenvalue weighted by Crippen LogP contribution is 2.28. The average molecular weight is 291 g/mol. The highest BCUT2D eigenvalue weighted by atomic mass is 32.1. The van der Waals surface area contributed by atoms with E-state index in [1.54, 1.807) is 11.3 Å². The van der Waals surface area contributed by atoms with E-state index < -0.39 is 0 Å². The molecule has 1 saturated carbocycles. The van der Waals surface area contributed by atoms with Crippen LogP contribution in [0.3, 0.4) is 0 Å². The van der Waals surface area contributed by atoms with Crippen LogP contribution in [0.2, 0.25) is 0 Å². The molecule has 1 aliphatic carbocycles. The second-order valence-corrected chi connectivity index (χ2v) is 6.03. The minimum absolute atomic E-state index is 0.0780. The maximum absolute atomic E-state index is 11.6. The number of aromatic nitrogens is 1. The minimum Gasteiger partial charge on any atom is -0.371 e. The van der Waals surface area contributed by atoms with Gasteiger partial charge in [-0.15, -0.1) is 5.10 Å². The quantitative estimate of drug-likeness (QED) is 0.851. The lowest BCUT2D eigenvalue weighted by molar-refractivity contribution is -0.125. The summed E-state index contributed by atoms with van der Waals surface area (Å²) in [5.41, 5.74) is 3.65. The Kier molecular flexibility index (Phi) is 3.84. The third-order valence-electron chi connectivity index (χ3n) is 3.27. The third kappa shape index (κ3) is 3.08. The first-order valence-electron chi connectivity index (χ1n) is 6.69. The van der Waals surface area contributed by atoms with Crippen LogP contribution in [0.1, 0.15) is 12.8 Å². The number of hydrogen-bond donors (Lipinski definition) is 1. The fourth-order valence-corrected chi connectivity index (χ4v) is 2.91. The van der Waals surface area contributed by atoms with Crippen LogP contribution in [0.15, 0.2) is 29.4 Å². The van der Waals surface area contributed by atoms with Crippen LogP contribution in [0.5, 0.6) is 0 Å². The molecule has 0 spiro atoms. The number of benzene rings is 1. The van der Waals surface area contributed by atoms with Crippen molar-refractivity contribution in [2.45, 2.75) is 12.8 Å². The zero-order chi connectivity index (χ0) is 13.9. The van der Waals surface area contributed by atoms with Crippen molar-refractivity contribution in [1.82, 2.24) is 9.99 Å². The molecule has 0 saturated heterocycles. The van der Waals surface area contributed by atoms with E-state index in [-0.39, 0.29) is 12.5 Å². The number of para-hydroxylation sites is 1. The van der Waals surface area contributed by atoms with E-state index in [2.05, 4.69) is 10.5 Å². The Morgan fingerprint density at radius 3 is 3.05 bits per heavy atom. The average Bonchev–Trinajstić information content (AvgIpc) is 3.22. The van der Waals surface area contributed by atoms with E-state index in [0.717, 1.165) is 15.0 Å². The molecule has 0 atom stereocenters. The number of carbonyl (C=O) groups is 1. The van der Waals surface area contributed by atoms with Gasteiger partial charge in [-0.1, -0.05) is 23.5 Å². The molecule has 1 fully saturated rings. The number of rotatable bonds is 5. The number of nitrogens with zero attached hydrogens (tertiary/aromatic N) is 2. The van der Waals surface area contributed by atoms with Crippen LogP contribution in [0, 0.1) is 5.92 Å². The summed E-state index contributed by atoms with van der Waals surface area (Å²) < 4.78 is 8.43. The fraction of sp³-hybridized carbons (Fsp3) is 0.429. The highest BCUT2D eigenvalue weighted by molar-refractivity contribution is 7.16. The second kappa shape index (κ2) is 5.76. The summed E-state index contributed by atoms with van der Waals surface area (Å²) in [6.07, 6.45) is 2.45. The lowest BCUT2D eigenvalue weighted by atomic mass is 10.3. The van der Waals surface area contributed by atoms with Crippen LogP contribution in [-0.2, 0) is 16.6 Å². The molecule has 1 N–H and O–H groups in total. The van der Waals surface area contributed by atoms with Gasteiger partial charge in [0.05, 0.1) is 16.8 Å². The lowest BCUT2D eigenvalue weighted by Gasteiger charge is -2.01. The topological polar surface area (TPSA) is 55.6 Å². The summed E-state index contributed by atoms with van der Waals surface area (Å²) in [7, 11) is 1.94. The number of ether oxygens (including phenoxy) is 1. The molecule has 1 aliphatic rings. The number of carbonyl (C=O) groups excluding carboxylic acids is 1. The first kappa shape index (κ1) is 13.3. The van der Waals surface area contributed by atoms with E-state index >= 15 is 0 Å². The molecule has 6 heteroatoms. The van der Waals surface area contributed by atoms with E-state index in [1.807, 2.05) is 35.9 Å². The van der Waals surface area contributed by atoms with Crippen molar-refractivity contribution in [3.63, 3.8) is 0 Å². The number of aryl methyl sites for hydroxylation is 1. The Morgan fingerprint density at radius 2 is 2.30 bits per heavy atom. The zero-order valence-corrected chi connectivity index (χ0v) is 12.2. The summed E-state index contributed by atoms with van der Waals surface area (Å²) in [6, 6.07) is 8.06. The van der Waals surface area contributed by atoms with Crippen LogP contribution < -0.4 is 10.2 Å². The lowest BCUT2D eigenvalue weighted by Crippen LogP contribution is -2.27. The van der Waals surface area contributed by atoms with Gasteiger partial charge in [-0.2, -0.15) is 0 Å². The largest absolute Gasteiger partial charge is 0.371 e. The van der Waals surface area contributed by atoms with E-state index in [1.165, 1.54) is 12.8 Å². The van der Waals surface area contributed by atoms with Crippen molar-refractivity contribution in [3.8, 4) is 0 Å². The van der Waals surface area contributed by atoms with E-state index in [0.29, 0.717) is 12.5 Å². The molecule has 0 bridgehead atoms. The van der Waals surface area contributed by atoms with Crippen molar-refractivity contribution in [1.29, 1.82) is 0 Å². The highest BCUT2D eigenvalue weighted by Gasteiger charge is 2.21. The van der Waals surface area contributed by atoms with Crippen LogP contribution >= 0.6 is 11.3 Å². The molecule has 0 aliphatic heterocycles. The molecule has 5 nitrogen and oxygen atoms in total. The predicted molar refractivity (Wildman–Crippen MR) is 78.0 cm³/mol. The number of thiazole rings is 1. The van der Waals surface area contributed by atoms with Crippen molar-refractivity contribution >= 4 is 27.5 Å². The molecular weight excluding hydrogens is 274 g/mol. The molecular formula is C14H17N3O2S. The standard InChI is InChI=1S/C14H17N3O2S/c1-17-11-4-2-3-5-12(11)20-14(17)16-15-13(18)9-19-8-10-6-7-10/h2-5,10H,6-9H2,1H3,(H,15,18). The molecule has 20 heavy (non-hydrogen) atoms. The molecule has 2 aromatic rings. The molecule has 1 aromatic heterocycles. The Labute approximate surface area is 120 Å². The van der Waals surface area contributed by atoms with Crippen molar-refractivity contribution in [3.05, 3.63) is 29.1 Å². The van der Waals surface area contributed by atoms with Crippen molar-refractivity contribution in [2.75, 3.05) is 13.2 Å². The summed E-state index contributed by atoms with van der Waals surface area (Å²) in [5, 5.41) is 4.16. The minimum atomic E-state index is -0.205. The zero-order valence-electron chi connectivity index (χ0n) is 11.3. The summed E-state index contributed by atoms with van der Waals surface area (Å²) in [5.74, 6) is 0.461. The van der Waals surface area contributed by atoms with Crippen molar-refractivity contribution in [2.24, 2.45) is 18.1 Å². The van der Waals surface area contributed by atoms with Gasteiger partial charge in [-0.25, -0.2) is 5.43 Å². The molecule has 1 amide bonds. The molecule has 3 rings (SSSR count). The Bertz CT molecular complexity index is 685. The van der Waals surface area contributed by atoms with Crippen LogP contribution in [0.25, 0.3) is 10.2 Å². The molecule has 0 radical (unpaired) electrons. The summed E-state index contributed by atoms with van der Waals surface area (Å²) >= 11 is 1.55. The number of fused-ring (bicyclic) bond motifs is 1. The van der Waals surface area contributed by atoms with Gasteiger partial charge < -0.3 is 9.30 Å². The molecule has 106 valence electrons. The summed E-state index contributed by atoms with van der Waals surface area (Å²) in [6.45, 7) is 0.763. The maximum Gasteiger partial charge on any atom is 0.266 e. The Hall–Kier alpha value is -1.66. The molecule has 0 unspecified atom stereocenters. The second-order valence-electron chi connectivity index (χ2n) is 5.02. The summed E-state index contributed by atoms with van der Waals surface area (Å²) in [4.78, 5) is 12.4. The van der Waals surface area contributed by atoms with Gasteiger partial charge in [0.2, 0.25) is 4.80 Å². The normalized spacial score (nSPS) is 15.8. The number of hydrogen-bond acceptors (Lipinski definition) is 4. The van der Waals surface area contributed by atoms with Crippen molar-refractivity contribution < 1.29 is 9.53 Å². The van der Waals surface area contributed by atoms with Gasteiger partial charge >= 0.3 is 0 Å². The SMILES string of the molecule is Cn1c(=NNC(=O)COCC2CC2)sc2ccccc21. The first-order chi connectivity index (χ1) is 9.74. The van der Waals surface area contributed by atoms with Gasteiger partial charge in [0.25, 0.3) is 5.91 Å². The van der Waals surface area contributed by atoms with Crippen LogP contribution in [0.4, 0.5) is 0 Å². The Morgan fingerprint density at radius 1 is 1.50 bits per heavy atom. The van der Waals surface area contributed by atoms with Gasteiger partial charge in [-0.05, 0) is 30.9 Å². The van der Waals surface area contributed by atoms with Gasteiger partial charge in [0.1, 0.15) is 6.61 Å². The molecule has 1 aromatic carbocycles. The third-order valence-corrected chi connectivity index (χ3v) is 4.39. The maximum atomic E-state index is 11.6.